The van der Waals surface area contributed by atoms with Crippen LogP contribution >= 0.6 is 0 Å². The van der Waals surface area contributed by atoms with Gasteiger partial charge in [-0.05, 0) is 41.5 Å². The minimum Gasteiger partial charge on any atom is -0.471 e. The molecule has 0 aliphatic carbocycles. The third-order valence-electron chi connectivity index (χ3n) is 6.04. The second kappa shape index (κ2) is 13.0. The van der Waals surface area contributed by atoms with Gasteiger partial charge in [0.1, 0.15) is 19.8 Å². The number of ether oxygens (including phenoxy) is 3. The van der Waals surface area contributed by atoms with Crippen molar-refractivity contribution in [2.45, 2.75) is 13.2 Å². The molecule has 206 valence electrons. The van der Waals surface area contributed by atoms with Crippen molar-refractivity contribution in [3.63, 3.8) is 0 Å². The number of imidazole rings is 1. The van der Waals surface area contributed by atoms with E-state index in [-0.39, 0.29) is 38.2 Å². The Morgan fingerprint density at radius 3 is 2.07 bits per heavy atom. The number of anilines is 1. The number of carbonyl (C=O) groups is 2. The van der Waals surface area contributed by atoms with Gasteiger partial charge in [-0.1, -0.05) is 66.7 Å². The van der Waals surface area contributed by atoms with Gasteiger partial charge < -0.3 is 24.5 Å². The van der Waals surface area contributed by atoms with Crippen molar-refractivity contribution < 1.29 is 23.8 Å². The molecule has 10 nitrogen and oxygen atoms in total. The summed E-state index contributed by atoms with van der Waals surface area (Å²) < 4.78 is 18.6. The number of hydrogen-bond acceptors (Lipinski definition) is 9. The lowest BCUT2D eigenvalue weighted by Gasteiger charge is -2.12. The molecule has 0 unspecified atom stereocenters. The van der Waals surface area contributed by atoms with Crippen LogP contribution in [0.3, 0.4) is 0 Å². The number of carbonyl (C=O) groups excluding carboxylic acids is 2. The van der Waals surface area contributed by atoms with Gasteiger partial charge in [-0.3, -0.25) is 0 Å². The monoisotopic (exact) mass is 549 g/mol. The van der Waals surface area contributed by atoms with E-state index < -0.39 is 11.9 Å². The van der Waals surface area contributed by atoms with Crippen molar-refractivity contribution in [2.75, 3.05) is 18.9 Å². The largest absolute Gasteiger partial charge is 0.471 e. The fourth-order valence-corrected chi connectivity index (χ4v) is 3.97. The third-order valence-corrected chi connectivity index (χ3v) is 6.04. The molecule has 3 aromatic carbocycles. The van der Waals surface area contributed by atoms with Crippen LogP contribution in [0.25, 0.3) is 11.2 Å². The van der Waals surface area contributed by atoms with Crippen LogP contribution in [-0.4, -0.2) is 44.7 Å². The summed E-state index contributed by atoms with van der Waals surface area (Å²) in [4.78, 5) is 38.1. The molecule has 0 bridgehead atoms. The Kier molecular flexibility index (Phi) is 8.60. The lowest BCUT2D eigenvalue weighted by atomic mass is 10.2. The Bertz CT molecular complexity index is 1650. The first-order chi connectivity index (χ1) is 20.1. The smallest absolute Gasteiger partial charge is 0.338 e. The highest BCUT2D eigenvalue weighted by atomic mass is 16.5. The zero-order chi connectivity index (χ0) is 28.4. The lowest BCUT2D eigenvalue weighted by Crippen LogP contribution is -2.13. The summed E-state index contributed by atoms with van der Waals surface area (Å²) in [6, 6.07) is 27.0. The minimum atomic E-state index is -0.476. The molecule has 5 rings (SSSR count). The van der Waals surface area contributed by atoms with Crippen molar-refractivity contribution in [3.8, 4) is 5.88 Å². The predicted molar refractivity (Wildman–Crippen MR) is 152 cm³/mol. The van der Waals surface area contributed by atoms with Crippen LogP contribution in [0.15, 0.2) is 109 Å². The van der Waals surface area contributed by atoms with Gasteiger partial charge in [-0.25, -0.2) is 14.6 Å². The Balaban J connectivity index is 1.34. The first-order valence-electron chi connectivity index (χ1n) is 12.8. The van der Waals surface area contributed by atoms with E-state index in [1.165, 1.54) is 0 Å². The summed E-state index contributed by atoms with van der Waals surface area (Å²) in [5.74, 6) is -0.652. The zero-order valence-corrected chi connectivity index (χ0v) is 22.1. The Hall–Kier alpha value is -5.51. The molecule has 2 aromatic heterocycles. The first-order valence-corrected chi connectivity index (χ1v) is 12.8. The Morgan fingerprint density at radius 1 is 0.805 bits per heavy atom. The molecular weight excluding hydrogens is 522 g/mol. The number of nitrogen functional groups attached to an aromatic ring is 1. The van der Waals surface area contributed by atoms with Gasteiger partial charge in [-0.15, -0.1) is 0 Å². The number of fused-ring (bicyclic) bond motifs is 1. The van der Waals surface area contributed by atoms with Crippen molar-refractivity contribution in [2.24, 2.45) is 0 Å². The Morgan fingerprint density at radius 2 is 1.41 bits per heavy atom. The fourth-order valence-electron chi connectivity index (χ4n) is 3.97. The summed E-state index contributed by atoms with van der Waals surface area (Å²) in [7, 11) is 0. The van der Waals surface area contributed by atoms with Gasteiger partial charge in [0.25, 0.3) is 0 Å². The SMILES string of the molecule is Nc1nc(OCc2ccccc2)c2ncn(C/C(=C\COC(=O)c3ccccc3)COC(=O)c3ccccc3)c2n1. The maximum Gasteiger partial charge on any atom is 0.338 e. The molecule has 0 spiro atoms. The van der Waals surface area contributed by atoms with Crippen LogP contribution in [0.1, 0.15) is 26.3 Å². The highest BCUT2D eigenvalue weighted by molar-refractivity contribution is 5.90. The zero-order valence-electron chi connectivity index (χ0n) is 22.1. The summed E-state index contributed by atoms with van der Waals surface area (Å²) >= 11 is 0. The minimum absolute atomic E-state index is 0.0266. The molecule has 5 aromatic rings. The van der Waals surface area contributed by atoms with E-state index in [1.54, 1.807) is 65.5 Å². The van der Waals surface area contributed by atoms with E-state index in [4.69, 9.17) is 19.9 Å². The average Bonchev–Trinajstić information content (AvgIpc) is 3.41. The number of nitrogens with two attached hydrogens (primary N) is 1. The van der Waals surface area contributed by atoms with Gasteiger partial charge in [0.15, 0.2) is 11.2 Å². The summed E-state index contributed by atoms with van der Waals surface area (Å²) in [6.45, 7) is 0.442. The standard InChI is InChI=1S/C31H27N5O5/c32-31-34-27-26(28(35-31)40-19-22-10-4-1-5-11-22)33-21-36(27)18-23(20-41-30(38)25-14-8-3-9-15-25)16-17-39-29(37)24-12-6-2-7-13-24/h1-16,21H,17-20H2,(H2,32,34,35)/b23-16+. The van der Waals surface area contributed by atoms with E-state index >= 15 is 0 Å². The molecular formula is C31H27N5O5. The number of rotatable bonds is 11. The molecule has 0 fully saturated rings. The van der Waals surface area contributed by atoms with Crippen LogP contribution in [0, 0.1) is 0 Å². The van der Waals surface area contributed by atoms with Crippen LogP contribution in [0.4, 0.5) is 5.95 Å². The molecule has 2 heterocycles. The third kappa shape index (κ3) is 7.12. The highest BCUT2D eigenvalue weighted by Gasteiger charge is 2.16. The van der Waals surface area contributed by atoms with Crippen LogP contribution < -0.4 is 10.5 Å². The normalized spacial score (nSPS) is 11.3. The van der Waals surface area contributed by atoms with Crippen LogP contribution in [-0.2, 0) is 22.6 Å². The lowest BCUT2D eigenvalue weighted by molar-refractivity contribution is 0.0516. The molecule has 0 amide bonds. The van der Waals surface area contributed by atoms with Crippen molar-refractivity contribution >= 4 is 29.1 Å². The molecule has 0 atom stereocenters. The fraction of sp³-hybridized carbons (Fsp3) is 0.129. The van der Waals surface area contributed by atoms with Crippen LogP contribution in [0.2, 0.25) is 0 Å². The van der Waals surface area contributed by atoms with E-state index in [2.05, 4.69) is 15.0 Å². The maximum atomic E-state index is 12.6. The van der Waals surface area contributed by atoms with E-state index in [0.29, 0.717) is 27.9 Å². The van der Waals surface area contributed by atoms with Crippen molar-refractivity contribution in [3.05, 3.63) is 126 Å². The summed E-state index contributed by atoms with van der Waals surface area (Å²) in [5.41, 5.74) is 9.36. The van der Waals surface area contributed by atoms with E-state index in [9.17, 15) is 9.59 Å². The topological polar surface area (TPSA) is 131 Å². The first kappa shape index (κ1) is 27.1. The maximum absolute atomic E-state index is 12.6. The summed E-state index contributed by atoms with van der Waals surface area (Å²) in [6.07, 6.45) is 3.28. The second-order valence-corrected chi connectivity index (χ2v) is 8.97. The molecule has 0 saturated carbocycles. The van der Waals surface area contributed by atoms with Crippen molar-refractivity contribution in [1.82, 2.24) is 19.5 Å². The number of hydrogen-bond donors (Lipinski definition) is 1. The molecule has 41 heavy (non-hydrogen) atoms. The predicted octanol–water partition coefficient (Wildman–Crippen LogP) is 4.63. The molecule has 0 radical (unpaired) electrons. The van der Waals surface area contributed by atoms with E-state index in [0.717, 1.165) is 5.56 Å². The molecule has 0 saturated heterocycles. The molecule has 10 heteroatoms. The number of esters is 2. The molecule has 0 aliphatic rings. The van der Waals surface area contributed by atoms with Gasteiger partial charge in [0.05, 0.1) is 17.5 Å². The van der Waals surface area contributed by atoms with Gasteiger partial charge in [-0.2, -0.15) is 9.97 Å². The van der Waals surface area contributed by atoms with Gasteiger partial charge >= 0.3 is 11.9 Å². The van der Waals surface area contributed by atoms with Crippen LogP contribution in [0.5, 0.6) is 5.88 Å². The number of benzene rings is 3. The summed E-state index contributed by atoms with van der Waals surface area (Å²) in [5, 5.41) is 0. The number of nitrogens with zero attached hydrogens (tertiary/aromatic N) is 4. The molecule has 2 N–H and O–H groups in total. The second-order valence-electron chi connectivity index (χ2n) is 8.97. The van der Waals surface area contributed by atoms with Crippen molar-refractivity contribution in [1.29, 1.82) is 0 Å². The number of aromatic nitrogens is 4. The van der Waals surface area contributed by atoms with E-state index in [1.807, 2.05) is 42.5 Å². The average molecular weight is 550 g/mol. The van der Waals surface area contributed by atoms with Gasteiger partial charge in [0, 0.05) is 6.54 Å². The quantitative estimate of drug-likeness (QED) is 0.185. The molecule has 0 aliphatic heterocycles. The van der Waals surface area contributed by atoms with Gasteiger partial charge in [0.2, 0.25) is 11.8 Å². The Labute approximate surface area is 236 Å². The highest BCUT2D eigenvalue weighted by Crippen LogP contribution is 2.23.